The Balaban J connectivity index is 1.45. The highest BCUT2D eigenvalue weighted by Gasteiger charge is 2.31. The van der Waals surface area contributed by atoms with Crippen LogP contribution < -0.4 is 5.32 Å². The average Bonchev–Trinajstić information content (AvgIpc) is 2.99. The Morgan fingerprint density at radius 1 is 0.750 bits per heavy atom. The Morgan fingerprint density at radius 2 is 1.44 bits per heavy atom. The van der Waals surface area contributed by atoms with Crippen LogP contribution in [-0.2, 0) is 0 Å². The first-order valence-electron chi connectivity index (χ1n) is 7.42. The predicted octanol–water partition coefficient (Wildman–Crippen LogP) is 2.54. The van der Waals surface area contributed by atoms with E-state index in [9.17, 15) is 0 Å². The molecular weight excluding hydrogens is 196 g/mol. The van der Waals surface area contributed by atoms with Gasteiger partial charge in [0.2, 0.25) is 0 Å². The van der Waals surface area contributed by atoms with Crippen LogP contribution in [0.4, 0.5) is 0 Å². The quantitative estimate of drug-likeness (QED) is 0.789. The van der Waals surface area contributed by atoms with E-state index in [1.165, 1.54) is 70.9 Å². The van der Waals surface area contributed by atoms with Crippen LogP contribution in [0.1, 0.15) is 57.8 Å². The van der Waals surface area contributed by atoms with Crippen LogP contribution in [0.3, 0.4) is 0 Å². The monoisotopic (exact) mass is 222 g/mol. The van der Waals surface area contributed by atoms with Crippen molar-refractivity contribution >= 4 is 0 Å². The van der Waals surface area contributed by atoms with Gasteiger partial charge >= 0.3 is 0 Å². The van der Waals surface area contributed by atoms with Crippen molar-refractivity contribution in [1.82, 2.24) is 10.2 Å². The van der Waals surface area contributed by atoms with E-state index in [0.29, 0.717) is 0 Å². The van der Waals surface area contributed by atoms with Crippen molar-refractivity contribution in [3.8, 4) is 0 Å². The molecule has 3 rings (SSSR count). The van der Waals surface area contributed by atoms with Crippen LogP contribution in [0.15, 0.2) is 0 Å². The van der Waals surface area contributed by atoms with Crippen LogP contribution in [0.25, 0.3) is 0 Å². The molecule has 2 aliphatic carbocycles. The Hall–Kier alpha value is -0.0800. The number of likely N-dealkylation sites (tertiary alicyclic amines) is 1. The zero-order valence-corrected chi connectivity index (χ0v) is 10.5. The lowest BCUT2D eigenvalue weighted by molar-refractivity contribution is 0.238. The first-order valence-corrected chi connectivity index (χ1v) is 7.42. The largest absolute Gasteiger partial charge is 0.310 e. The van der Waals surface area contributed by atoms with Crippen molar-refractivity contribution in [2.24, 2.45) is 0 Å². The third-order valence-corrected chi connectivity index (χ3v) is 4.89. The van der Waals surface area contributed by atoms with Crippen molar-refractivity contribution in [2.75, 3.05) is 13.1 Å². The third kappa shape index (κ3) is 2.43. The number of nitrogens with one attached hydrogen (secondary N) is 1. The van der Waals surface area contributed by atoms with Gasteiger partial charge in [-0.3, -0.25) is 4.90 Å². The Labute approximate surface area is 99.8 Å². The molecule has 3 fully saturated rings. The fourth-order valence-electron chi connectivity index (χ4n) is 3.95. The van der Waals surface area contributed by atoms with Crippen LogP contribution in [0.2, 0.25) is 0 Å². The van der Waals surface area contributed by atoms with Gasteiger partial charge in [-0.05, 0) is 32.1 Å². The minimum atomic E-state index is 0.809. The normalized spacial score (nSPS) is 34.1. The molecule has 92 valence electrons. The Bertz CT molecular complexity index is 217. The third-order valence-electron chi connectivity index (χ3n) is 4.89. The summed E-state index contributed by atoms with van der Waals surface area (Å²) >= 11 is 0. The lowest BCUT2D eigenvalue weighted by Gasteiger charge is -2.24. The van der Waals surface area contributed by atoms with Gasteiger partial charge in [-0.1, -0.05) is 25.7 Å². The summed E-state index contributed by atoms with van der Waals surface area (Å²) in [5.41, 5.74) is 0. The fraction of sp³-hybridized carbons (Fsp3) is 1.00. The molecule has 1 saturated heterocycles. The van der Waals surface area contributed by atoms with Gasteiger partial charge < -0.3 is 5.32 Å². The van der Waals surface area contributed by atoms with Crippen molar-refractivity contribution in [1.29, 1.82) is 0 Å². The van der Waals surface area contributed by atoms with Gasteiger partial charge in [-0.15, -0.1) is 0 Å². The van der Waals surface area contributed by atoms with Gasteiger partial charge in [-0.25, -0.2) is 0 Å². The number of nitrogens with zero attached hydrogens (tertiary/aromatic N) is 1. The standard InChI is InChI=1S/C14H26N2/c1-2-6-12(5-1)15-13-9-10-16(11-13)14-7-3-4-8-14/h12-15H,1-11H2. The first-order chi connectivity index (χ1) is 7.92. The topological polar surface area (TPSA) is 15.3 Å². The molecule has 1 N–H and O–H groups in total. The summed E-state index contributed by atoms with van der Waals surface area (Å²) in [4.78, 5) is 2.76. The maximum absolute atomic E-state index is 3.89. The molecule has 16 heavy (non-hydrogen) atoms. The van der Waals surface area contributed by atoms with E-state index >= 15 is 0 Å². The summed E-state index contributed by atoms with van der Waals surface area (Å²) in [6.45, 7) is 2.69. The minimum Gasteiger partial charge on any atom is -0.310 e. The molecule has 1 aliphatic heterocycles. The molecule has 2 nitrogen and oxygen atoms in total. The summed E-state index contributed by atoms with van der Waals surface area (Å²) in [6, 6.07) is 2.60. The Kier molecular flexibility index (Phi) is 3.49. The fourth-order valence-corrected chi connectivity index (χ4v) is 3.95. The molecule has 0 bridgehead atoms. The van der Waals surface area contributed by atoms with Gasteiger partial charge in [0.25, 0.3) is 0 Å². The van der Waals surface area contributed by atoms with E-state index < -0.39 is 0 Å². The van der Waals surface area contributed by atoms with Crippen molar-refractivity contribution in [3.63, 3.8) is 0 Å². The zero-order valence-electron chi connectivity index (χ0n) is 10.5. The average molecular weight is 222 g/mol. The van der Waals surface area contributed by atoms with Gasteiger partial charge in [0.05, 0.1) is 0 Å². The maximum Gasteiger partial charge on any atom is 0.0209 e. The Morgan fingerprint density at radius 3 is 2.19 bits per heavy atom. The second kappa shape index (κ2) is 5.05. The van der Waals surface area contributed by atoms with Crippen LogP contribution in [0.5, 0.6) is 0 Å². The molecule has 0 aromatic heterocycles. The highest BCUT2D eigenvalue weighted by Crippen LogP contribution is 2.27. The second-order valence-electron chi connectivity index (χ2n) is 6.07. The van der Waals surface area contributed by atoms with E-state index in [4.69, 9.17) is 0 Å². The SMILES string of the molecule is C1CCC(NC2CCN(C3CCCC3)C2)C1. The van der Waals surface area contributed by atoms with E-state index in [0.717, 1.165) is 18.1 Å². The van der Waals surface area contributed by atoms with E-state index in [1.807, 2.05) is 0 Å². The lowest BCUT2D eigenvalue weighted by Crippen LogP contribution is -2.40. The van der Waals surface area contributed by atoms with Gasteiger partial charge in [-0.2, -0.15) is 0 Å². The molecule has 1 atom stereocenters. The molecule has 2 saturated carbocycles. The molecule has 0 aromatic rings. The van der Waals surface area contributed by atoms with Crippen molar-refractivity contribution in [3.05, 3.63) is 0 Å². The highest BCUT2D eigenvalue weighted by molar-refractivity contribution is 4.89. The summed E-state index contributed by atoms with van der Waals surface area (Å²) in [5, 5.41) is 3.89. The number of hydrogen-bond acceptors (Lipinski definition) is 2. The molecule has 0 radical (unpaired) electrons. The van der Waals surface area contributed by atoms with Gasteiger partial charge in [0.15, 0.2) is 0 Å². The molecule has 1 unspecified atom stereocenters. The van der Waals surface area contributed by atoms with E-state index in [2.05, 4.69) is 10.2 Å². The summed E-state index contributed by atoms with van der Waals surface area (Å²) < 4.78 is 0. The zero-order chi connectivity index (χ0) is 10.8. The van der Waals surface area contributed by atoms with Crippen LogP contribution in [-0.4, -0.2) is 36.1 Å². The van der Waals surface area contributed by atoms with E-state index in [1.54, 1.807) is 0 Å². The van der Waals surface area contributed by atoms with Crippen molar-refractivity contribution in [2.45, 2.75) is 75.9 Å². The number of hydrogen-bond donors (Lipinski definition) is 1. The van der Waals surface area contributed by atoms with E-state index in [-0.39, 0.29) is 0 Å². The molecule has 3 aliphatic rings. The number of rotatable bonds is 3. The van der Waals surface area contributed by atoms with Gasteiger partial charge in [0, 0.05) is 31.2 Å². The summed E-state index contributed by atoms with van der Waals surface area (Å²) in [6.07, 6.45) is 13.1. The van der Waals surface area contributed by atoms with Crippen LogP contribution >= 0.6 is 0 Å². The molecule has 2 heteroatoms. The molecular formula is C14H26N2. The minimum absolute atomic E-state index is 0.809. The summed E-state index contributed by atoms with van der Waals surface area (Å²) in [7, 11) is 0. The predicted molar refractivity (Wildman–Crippen MR) is 67.6 cm³/mol. The maximum atomic E-state index is 3.89. The van der Waals surface area contributed by atoms with Gasteiger partial charge in [0.1, 0.15) is 0 Å². The second-order valence-corrected chi connectivity index (χ2v) is 6.07. The molecule has 0 aromatic carbocycles. The van der Waals surface area contributed by atoms with Crippen molar-refractivity contribution < 1.29 is 0 Å². The molecule has 0 amide bonds. The highest BCUT2D eigenvalue weighted by atomic mass is 15.2. The smallest absolute Gasteiger partial charge is 0.0209 e. The first kappa shape index (κ1) is 11.0. The lowest BCUT2D eigenvalue weighted by atomic mass is 10.2. The molecule has 0 spiro atoms. The summed E-state index contributed by atoms with van der Waals surface area (Å²) in [5.74, 6) is 0. The van der Waals surface area contributed by atoms with Crippen LogP contribution in [0, 0.1) is 0 Å². The molecule has 1 heterocycles.